The second kappa shape index (κ2) is 5.94. The molecule has 1 aliphatic rings. The Kier molecular flexibility index (Phi) is 4.45. The monoisotopic (exact) mass is 276 g/mol. The lowest BCUT2D eigenvalue weighted by molar-refractivity contribution is -0.120. The average Bonchev–Trinajstić information content (AvgIpc) is 2.35. The molecule has 20 heavy (non-hydrogen) atoms. The summed E-state index contributed by atoms with van der Waals surface area (Å²) < 4.78 is 0. The van der Waals surface area contributed by atoms with E-state index in [2.05, 4.69) is 6.07 Å². The summed E-state index contributed by atoms with van der Waals surface area (Å²) in [5.74, 6) is 0.101. The second-order valence-electron chi connectivity index (χ2n) is 6.26. The van der Waals surface area contributed by atoms with Crippen LogP contribution < -0.4 is 4.90 Å². The quantitative estimate of drug-likeness (QED) is 0.910. The molecule has 1 N–H and O–H groups in total. The van der Waals surface area contributed by atoms with Crippen LogP contribution in [0.2, 0.25) is 0 Å². The molecule has 0 radical (unpaired) electrons. The fourth-order valence-electron chi connectivity index (χ4n) is 2.83. The molecule has 2 rings (SSSR count). The molecule has 4 nitrogen and oxygen atoms in total. The summed E-state index contributed by atoms with van der Waals surface area (Å²) in [5.41, 5.74) is 1.51. The predicted octanol–water partition coefficient (Wildman–Crippen LogP) is 1.67. The molecule has 0 fully saturated rings. The maximum Gasteiger partial charge on any atom is 0.241 e. The third kappa shape index (κ3) is 3.81. The lowest BCUT2D eigenvalue weighted by Crippen LogP contribution is -2.45. The number of para-hydroxylation sites is 1. The zero-order valence-electron chi connectivity index (χ0n) is 12.6. The molecule has 1 aromatic carbocycles. The number of aryl methyl sites for hydroxylation is 1. The van der Waals surface area contributed by atoms with Crippen molar-refractivity contribution in [2.24, 2.45) is 0 Å². The van der Waals surface area contributed by atoms with E-state index in [1.54, 1.807) is 13.8 Å². The van der Waals surface area contributed by atoms with Gasteiger partial charge in [0, 0.05) is 18.8 Å². The topological polar surface area (TPSA) is 43.8 Å². The van der Waals surface area contributed by atoms with Crippen LogP contribution in [0.3, 0.4) is 0 Å². The van der Waals surface area contributed by atoms with E-state index in [-0.39, 0.29) is 5.91 Å². The molecule has 1 amide bonds. The molecule has 1 aromatic rings. The number of nitrogens with zero attached hydrogens (tertiary/aromatic N) is 2. The molecule has 0 aliphatic carbocycles. The van der Waals surface area contributed by atoms with Crippen molar-refractivity contribution in [3.8, 4) is 0 Å². The number of anilines is 1. The predicted molar refractivity (Wildman–Crippen MR) is 80.9 cm³/mol. The van der Waals surface area contributed by atoms with Crippen molar-refractivity contribution >= 4 is 11.6 Å². The van der Waals surface area contributed by atoms with Crippen LogP contribution in [-0.2, 0) is 11.2 Å². The number of hydrogen-bond acceptors (Lipinski definition) is 3. The highest BCUT2D eigenvalue weighted by Gasteiger charge is 2.24. The normalized spacial score (nSPS) is 15.3. The summed E-state index contributed by atoms with van der Waals surface area (Å²) in [7, 11) is 1.87. The number of rotatable bonds is 4. The van der Waals surface area contributed by atoms with Crippen LogP contribution in [0.1, 0.15) is 25.8 Å². The number of carbonyl (C=O) groups is 1. The molecule has 0 saturated carbocycles. The molecular formula is C16H24N2O2. The largest absolute Gasteiger partial charge is 0.389 e. The van der Waals surface area contributed by atoms with Gasteiger partial charge in [-0.15, -0.1) is 0 Å². The third-order valence-corrected chi connectivity index (χ3v) is 3.47. The number of amides is 1. The Morgan fingerprint density at radius 2 is 2.10 bits per heavy atom. The van der Waals surface area contributed by atoms with E-state index in [4.69, 9.17) is 0 Å². The van der Waals surface area contributed by atoms with Gasteiger partial charge in [0.25, 0.3) is 0 Å². The fourth-order valence-corrected chi connectivity index (χ4v) is 2.83. The molecule has 1 aliphatic heterocycles. The molecule has 0 unspecified atom stereocenters. The van der Waals surface area contributed by atoms with Gasteiger partial charge in [-0.25, -0.2) is 0 Å². The Morgan fingerprint density at radius 1 is 1.40 bits per heavy atom. The zero-order valence-corrected chi connectivity index (χ0v) is 12.6. The van der Waals surface area contributed by atoms with Crippen molar-refractivity contribution in [1.82, 2.24) is 4.90 Å². The summed E-state index contributed by atoms with van der Waals surface area (Å²) in [5, 5.41) is 9.80. The van der Waals surface area contributed by atoms with Crippen LogP contribution in [0.5, 0.6) is 0 Å². The van der Waals surface area contributed by atoms with E-state index in [9.17, 15) is 9.90 Å². The van der Waals surface area contributed by atoms with Gasteiger partial charge in [-0.2, -0.15) is 0 Å². The molecule has 1 heterocycles. The Morgan fingerprint density at radius 3 is 2.80 bits per heavy atom. The smallest absolute Gasteiger partial charge is 0.241 e. The van der Waals surface area contributed by atoms with Crippen LogP contribution in [0, 0.1) is 0 Å². The standard InChI is InChI=1S/C16H24N2O2/c1-16(2,20)12-17(3)11-15(19)18-10-6-8-13-7-4-5-9-14(13)18/h4-5,7,9,20H,6,8,10-12H2,1-3H3. The SMILES string of the molecule is CN(CC(=O)N1CCCc2ccccc21)CC(C)(C)O. The maximum atomic E-state index is 12.5. The molecule has 4 heteroatoms. The van der Waals surface area contributed by atoms with Crippen molar-refractivity contribution in [2.45, 2.75) is 32.3 Å². The number of likely N-dealkylation sites (N-methyl/N-ethyl adjacent to an activating group) is 1. The number of carbonyl (C=O) groups excluding carboxylic acids is 1. The molecule has 0 saturated heterocycles. The van der Waals surface area contributed by atoms with E-state index < -0.39 is 5.60 Å². The number of benzene rings is 1. The first-order valence-corrected chi connectivity index (χ1v) is 7.16. The fraction of sp³-hybridized carbons (Fsp3) is 0.562. The van der Waals surface area contributed by atoms with E-state index in [1.807, 2.05) is 35.0 Å². The van der Waals surface area contributed by atoms with E-state index >= 15 is 0 Å². The van der Waals surface area contributed by atoms with Crippen LogP contribution in [0.25, 0.3) is 0 Å². The Labute approximate surface area is 121 Å². The third-order valence-electron chi connectivity index (χ3n) is 3.47. The summed E-state index contributed by atoms with van der Waals surface area (Å²) in [4.78, 5) is 16.2. The summed E-state index contributed by atoms with van der Waals surface area (Å²) >= 11 is 0. The van der Waals surface area contributed by atoms with Gasteiger partial charge >= 0.3 is 0 Å². The maximum absolute atomic E-state index is 12.5. The van der Waals surface area contributed by atoms with Crippen molar-refractivity contribution in [1.29, 1.82) is 0 Å². The van der Waals surface area contributed by atoms with Gasteiger partial charge in [-0.1, -0.05) is 18.2 Å². The van der Waals surface area contributed by atoms with Gasteiger partial charge in [0.15, 0.2) is 0 Å². The summed E-state index contributed by atoms with van der Waals surface area (Å²) in [6.07, 6.45) is 2.05. The average molecular weight is 276 g/mol. The molecular weight excluding hydrogens is 252 g/mol. The Bertz CT molecular complexity index is 480. The van der Waals surface area contributed by atoms with Gasteiger partial charge in [-0.05, 0) is 45.4 Å². The summed E-state index contributed by atoms with van der Waals surface area (Å²) in [6, 6.07) is 8.11. The van der Waals surface area contributed by atoms with Crippen LogP contribution in [0.4, 0.5) is 5.69 Å². The van der Waals surface area contributed by atoms with Crippen molar-refractivity contribution in [3.05, 3.63) is 29.8 Å². The van der Waals surface area contributed by atoms with E-state index in [0.717, 1.165) is 25.1 Å². The molecule has 0 bridgehead atoms. The highest BCUT2D eigenvalue weighted by molar-refractivity contribution is 5.95. The number of fused-ring (bicyclic) bond motifs is 1. The first-order valence-electron chi connectivity index (χ1n) is 7.16. The lowest BCUT2D eigenvalue weighted by Gasteiger charge is -2.32. The Balaban J connectivity index is 2.04. The molecule has 0 spiro atoms. The van der Waals surface area contributed by atoms with E-state index in [0.29, 0.717) is 13.1 Å². The first kappa shape index (κ1) is 15.0. The Hall–Kier alpha value is -1.39. The molecule has 0 aromatic heterocycles. The second-order valence-corrected chi connectivity index (χ2v) is 6.26. The highest BCUT2D eigenvalue weighted by Crippen LogP contribution is 2.26. The minimum atomic E-state index is -0.783. The van der Waals surface area contributed by atoms with Gasteiger partial charge in [-0.3, -0.25) is 9.69 Å². The van der Waals surface area contributed by atoms with Crippen LogP contribution >= 0.6 is 0 Å². The highest BCUT2D eigenvalue weighted by atomic mass is 16.3. The number of hydrogen-bond donors (Lipinski definition) is 1. The van der Waals surface area contributed by atoms with Crippen molar-refractivity contribution in [2.75, 3.05) is 31.6 Å². The van der Waals surface area contributed by atoms with Gasteiger partial charge < -0.3 is 10.0 Å². The lowest BCUT2D eigenvalue weighted by atomic mass is 10.0. The van der Waals surface area contributed by atoms with Crippen molar-refractivity contribution in [3.63, 3.8) is 0 Å². The van der Waals surface area contributed by atoms with Gasteiger partial charge in [0.2, 0.25) is 5.91 Å². The number of aliphatic hydroxyl groups is 1. The van der Waals surface area contributed by atoms with Gasteiger partial charge in [0.05, 0.1) is 12.1 Å². The molecule has 0 atom stereocenters. The summed E-state index contributed by atoms with van der Waals surface area (Å²) in [6.45, 7) is 5.10. The van der Waals surface area contributed by atoms with Crippen molar-refractivity contribution < 1.29 is 9.90 Å². The first-order chi connectivity index (χ1) is 9.37. The van der Waals surface area contributed by atoms with Gasteiger partial charge in [0.1, 0.15) is 0 Å². The van der Waals surface area contributed by atoms with Crippen LogP contribution in [-0.4, -0.2) is 48.2 Å². The zero-order chi connectivity index (χ0) is 14.8. The minimum Gasteiger partial charge on any atom is -0.389 e. The minimum absolute atomic E-state index is 0.101. The molecule has 110 valence electrons. The van der Waals surface area contributed by atoms with E-state index in [1.165, 1.54) is 5.56 Å². The van der Waals surface area contributed by atoms with Crippen LogP contribution in [0.15, 0.2) is 24.3 Å².